The lowest BCUT2D eigenvalue weighted by Gasteiger charge is -2.12. The van der Waals surface area contributed by atoms with Crippen LogP contribution in [0.3, 0.4) is 0 Å². The van der Waals surface area contributed by atoms with Crippen molar-refractivity contribution in [2.75, 3.05) is 0 Å². The quantitative estimate of drug-likeness (QED) is 0.161. The summed E-state index contributed by atoms with van der Waals surface area (Å²) in [5.74, 6) is 0.493. The molecule has 0 aliphatic heterocycles. The van der Waals surface area contributed by atoms with Gasteiger partial charge in [-0.3, -0.25) is 0 Å². The summed E-state index contributed by atoms with van der Waals surface area (Å²) in [5.41, 5.74) is 4.53. The molecule has 0 spiro atoms. The van der Waals surface area contributed by atoms with E-state index in [1.54, 1.807) is 64.1 Å². The van der Waals surface area contributed by atoms with Gasteiger partial charge in [-0.15, -0.1) is 0 Å². The van der Waals surface area contributed by atoms with Crippen molar-refractivity contribution >= 4 is 25.9 Å². The van der Waals surface area contributed by atoms with E-state index >= 15 is 0 Å². The minimum atomic E-state index is -4.23. The average Bonchev–Trinajstić information content (AvgIpc) is 3.21. The highest BCUT2D eigenvalue weighted by molar-refractivity contribution is 7.87. The number of nitrogens with zero attached hydrogens (tertiary/aromatic N) is 1. The zero-order chi connectivity index (χ0) is 28.1. The smallest absolute Gasteiger partial charge is 0.339 e. The lowest BCUT2D eigenvalue weighted by molar-refractivity contribution is 0.320. The molecule has 10 heteroatoms. The van der Waals surface area contributed by atoms with Gasteiger partial charge in [0.25, 0.3) is 0 Å². The summed E-state index contributed by atoms with van der Waals surface area (Å²) in [6, 6.07) is 19.3. The van der Waals surface area contributed by atoms with Gasteiger partial charge in [0.15, 0.2) is 0 Å². The maximum atomic E-state index is 13.2. The molecule has 1 aliphatic rings. The fourth-order valence-corrected chi connectivity index (χ4v) is 6.80. The highest BCUT2D eigenvalue weighted by Crippen LogP contribution is 2.40. The van der Waals surface area contributed by atoms with Crippen LogP contribution in [0.15, 0.2) is 87.7 Å². The Balaban J connectivity index is 1.52. The van der Waals surface area contributed by atoms with Crippen molar-refractivity contribution in [1.29, 1.82) is 0 Å². The second-order valence-corrected chi connectivity index (χ2v) is 12.5. The van der Waals surface area contributed by atoms with Crippen molar-refractivity contribution in [3.05, 3.63) is 106 Å². The average molecular weight is 564 g/mol. The standard InChI is InChI=1S/C29H25NO7S2/c1-17-7-5-8-18(2)28(17)36-38(32,33)21-11-13-23-24-14-12-22(16-26(24)27(30-31)25(23)15-21)39(34,35)37-29-19(3)9-6-10-20(29)4/h5-16,31H,1-4H3. The fourth-order valence-electron chi connectivity index (χ4n) is 4.65. The summed E-state index contributed by atoms with van der Waals surface area (Å²) < 4.78 is 63.6. The summed E-state index contributed by atoms with van der Waals surface area (Å²) in [6.07, 6.45) is 0. The first-order chi connectivity index (χ1) is 18.4. The zero-order valence-electron chi connectivity index (χ0n) is 21.6. The summed E-state index contributed by atoms with van der Waals surface area (Å²) in [4.78, 5) is -0.270. The van der Waals surface area contributed by atoms with E-state index in [1.807, 2.05) is 12.1 Å². The lowest BCUT2D eigenvalue weighted by atomic mass is 10.1. The van der Waals surface area contributed by atoms with Gasteiger partial charge >= 0.3 is 20.2 Å². The van der Waals surface area contributed by atoms with Crippen LogP contribution in [-0.2, 0) is 20.2 Å². The molecule has 0 saturated carbocycles. The van der Waals surface area contributed by atoms with Crippen LogP contribution in [-0.4, -0.2) is 27.8 Å². The number of aryl methyl sites for hydroxylation is 4. The van der Waals surface area contributed by atoms with Crippen LogP contribution < -0.4 is 8.37 Å². The lowest BCUT2D eigenvalue weighted by Crippen LogP contribution is -2.13. The van der Waals surface area contributed by atoms with Crippen LogP contribution in [0.1, 0.15) is 33.4 Å². The van der Waals surface area contributed by atoms with E-state index in [2.05, 4.69) is 5.16 Å². The predicted molar refractivity (Wildman–Crippen MR) is 147 cm³/mol. The van der Waals surface area contributed by atoms with Crippen LogP contribution in [0, 0.1) is 27.7 Å². The van der Waals surface area contributed by atoms with Crippen molar-refractivity contribution in [3.63, 3.8) is 0 Å². The van der Waals surface area contributed by atoms with Gasteiger partial charge in [0.2, 0.25) is 0 Å². The van der Waals surface area contributed by atoms with E-state index in [9.17, 15) is 22.0 Å². The molecule has 0 heterocycles. The first kappa shape index (κ1) is 26.5. The molecule has 0 fully saturated rings. The van der Waals surface area contributed by atoms with Crippen LogP contribution in [0.2, 0.25) is 0 Å². The van der Waals surface area contributed by atoms with Gasteiger partial charge in [-0.25, -0.2) is 0 Å². The van der Waals surface area contributed by atoms with Gasteiger partial charge in [-0.2, -0.15) is 16.8 Å². The number of para-hydroxylation sites is 2. The third kappa shape index (κ3) is 4.66. The number of benzene rings is 4. The maximum absolute atomic E-state index is 13.2. The second kappa shape index (κ2) is 9.55. The second-order valence-electron chi connectivity index (χ2n) is 9.38. The number of hydrogen-bond acceptors (Lipinski definition) is 8. The number of rotatable bonds is 6. The summed E-state index contributed by atoms with van der Waals surface area (Å²) in [7, 11) is -8.45. The molecule has 1 N–H and O–H groups in total. The maximum Gasteiger partial charge on any atom is 0.339 e. The van der Waals surface area contributed by atoms with Gasteiger partial charge in [-0.1, -0.05) is 53.7 Å². The molecule has 0 amide bonds. The summed E-state index contributed by atoms with van der Waals surface area (Å²) in [5, 5.41) is 13.3. The predicted octanol–water partition coefficient (Wildman–Crippen LogP) is 5.66. The molecule has 0 unspecified atom stereocenters. The van der Waals surface area contributed by atoms with Crippen molar-refractivity contribution in [3.8, 4) is 22.6 Å². The summed E-state index contributed by atoms with van der Waals surface area (Å²) >= 11 is 0. The Bertz CT molecular complexity index is 1720. The largest absolute Gasteiger partial charge is 0.410 e. The molecule has 200 valence electrons. The Kier molecular flexibility index (Phi) is 6.48. The minimum Gasteiger partial charge on any atom is -0.410 e. The Hall–Kier alpha value is -4.15. The van der Waals surface area contributed by atoms with Gasteiger partial charge in [0.05, 0.1) is 0 Å². The molecule has 1 aliphatic carbocycles. The Labute approximate surface area is 227 Å². The van der Waals surface area contributed by atoms with Crippen molar-refractivity contribution in [1.82, 2.24) is 0 Å². The Morgan fingerprint density at radius 2 is 0.923 bits per heavy atom. The molecule has 0 atom stereocenters. The van der Waals surface area contributed by atoms with Crippen LogP contribution in [0.25, 0.3) is 11.1 Å². The molecule has 4 aromatic rings. The molecular weight excluding hydrogens is 538 g/mol. The molecule has 4 aromatic carbocycles. The van der Waals surface area contributed by atoms with E-state index in [-0.39, 0.29) is 27.0 Å². The highest BCUT2D eigenvalue weighted by atomic mass is 32.2. The molecule has 0 saturated heterocycles. The topological polar surface area (TPSA) is 119 Å². The van der Waals surface area contributed by atoms with Crippen molar-refractivity contribution in [2.45, 2.75) is 37.5 Å². The normalized spacial score (nSPS) is 12.6. The first-order valence-corrected chi connectivity index (χ1v) is 14.8. The van der Waals surface area contributed by atoms with E-state index in [0.29, 0.717) is 44.5 Å². The molecule has 8 nitrogen and oxygen atoms in total. The van der Waals surface area contributed by atoms with Crippen LogP contribution >= 0.6 is 0 Å². The van der Waals surface area contributed by atoms with Gasteiger partial charge in [0.1, 0.15) is 27.0 Å². The van der Waals surface area contributed by atoms with Gasteiger partial charge in [-0.05, 0) is 85.3 Å². The molecule has 0 bridgehead atoms. The third-order valence-corrected chi connectivity index (χ3v) is 9.10. The van der Waals surface area contributed by atoms with Crippen molar-refractivity contribution < 1.29 is 30.4 Å². The van der Waals surface area contributed by atoms with E-state index in [1.165, 1.54) is 24.3 Å². The number of hydrogen-bond donors (Lipinski definition) is 1. The van der Waals surface area contributed by atoms with Gasteiger partial charge < -0.3 is 13.6 Å². The number of fused-ring (bicyclic) bond motifs is 3. The summed E-state index contributed by atoms with van der Waals surface area (Å²) in [6.45, 7) is 7.01. The Morgan fingerprint density at radius 1 is 0.564 bits per heavy atom. The minimum absolute atomic E-state index is 0.0354. The van der Waals surface area contributed by atoms with E-state index in [0.717, 1.165) is 0 Å². The molecule has 0 aromatic heterocycles. The zero-order valence-corrected chi connectivity index (χ0v) is 23.2. The monoisotopic (exact) mass is 563 g/mol. The highest BCUT2D eigenvalue weighted by Gasteiger charge is 2.31. The molecule has 0 radical (unpaired) electrons. The van der Waals surface area contributed by atoms with E-state index < -0.39 is 20.2 Å². The SMILES string of the molecule is Cc1cccc(C)c1OS(=O)(=O)c1ccc2c(c1)C(=NO)c1cc(S(=O)(=O)Oc3c(C)cccc3C)ccc1-2. The molecule has 39 heavy (non-hydrogen) atoms. The van der Waals surface area contributed by atoms with Crippen LogP contribution in [0.4, 0.5) is 0 Å². The first-order valence-electron chi connectivity index (χ1n) is 12.0. The van der Waals surface area contributed by atoms with Crippen molar-refractivity contribution in [2.24, 2.45) is 5.16 Å². The Morgan fingerprint density at radius 3 is 1.26 bits per heavy atom. The van der Waals surface area contributed by atoms with Gasteiger partial charge in [0, 0.05) is 11.1 Å². The fraction of sp³-hybridized carbons (Fsp3) is 0.138. The van der Waals surface area contributed by atoms with E-state index in [4.69, 9.17) is 8.37 Å². The molecular formula is C29H25NO7S2. The molecule has 5 rings (SSSR count). The third-order valence-electron chi connectivity index (χ3n) is 6.66. The number of oxime groups is 1. The van der Waals surface area contributed by atoms with Crippen LogP contribution in [0.5, 0.6) is 11.5 Å².